The minimum absolute atomic E-state index is 0.0400. The SMILES string of the molecule is Cn1ccnc1C(=O)c1ccccc1OC(F)(F)F. The highest BCUT2D eigenvalue weighted by Gasteiger charge is 2.33. The standard InChI is InChI=1S/C12H9F3N2O2/c1-17-7-6-16-11(17)10(18)8-4-2-3-5-9(8)19-12(13,14)15/h2-7H,1H3. The third-order valence-electron chi connectivity index (χ3n) is 2.38. The van der Waals surface area contributed by atoms with Crippen LogP contribution in [0.3, 0.4) is 0 Å². The van der Waals surface area contributed by atoms with Crippen LogP contribution < -0.4 is 4.74 Å². The summed E-state index contributed by atoms with van der Waals surface area (Å²) in [7, 11) is 1.58. The molecule has 0 amide bonds. The molecule has 7 heteroatoms. The van der Waals surface area contributed by atoms with Crippen LogP contribution in [0.15, 0.2) is 36.7 Å². The molecule has 0 bridgehead atoms. The first kappa shape index (κ1) is 13.1. The number of rotatable bonds is 3. The highest BCUT2D eigenvalue weighted by Crippen LogP contribution is 2.27. The van der Waals surface area contributed by atoms with Crippen LogP contribution in [0.2, 0.25) is 0 Å². The number of alkyl halides is 3. The smallest absolute Gasteiger partial charge is 0.405 e. The number of para-hydroxylation sites is 1. The first-order chi connectivity index (χ1) is 8.88. The summed E-state index contributed by atoms with van der Waals surface area (Å²) < 4.78 is 42.0. The van der Waals surface area contributed by atoms with E-state index in [4.69, 9.17) is 0 Å². The first-order valence-corrected chi connectivity index (χ1v) is 5.25. The van der Waals surface area contributed by atoms with E-state index in [2.05, 4.69) is 9.72 Å². The normalized spacial score (nSPS) is 11.4. The molecule has 0 saturated heterocycles. The average Bonchev–Trinajstić information content (AvgIpc) is 2.73. The summed E-state index contributed by atoms with van der Waals surface area (Å²) in [4.78, 5) is 15.9. The number of carbonyl (C=O) groups is 1. The number of carbonyl (C=O) groups excluding carboxylic acids is 1. The van der Waals surface area contributed by atoms with Gasteiger partial charge in [0, 0.05) is 19.4 Å². The van der Waals surface area contributed by atoms with Gasteiger partial charge in [-0.15, -0.1) is 13.2 Å². The lowest BCUT2D eigenvalue weighted by Crippen LogP contribution is -2.19. The topological polar surface area (TPSA) is 44.1 Å². The van der Waals surface area contributed by atoms with Gasteiger partial charge in [0.1, 0.15) is 5.75 Å². The zero-order valence-electron chi connectivity index (χ0n) is 9.81. The second kappa shape index (κ2) is 4.75. The van der Waals surface area contributed by atoms with E-state index >= 15 is 0 Å². The van der Waals surface area contributed by atoms with E-state index in [1.54, 1.807) is 7.05 Å². The fourth-order valence-corrected chi connectivity index (χ4v) is 1.57. The number of imidazole rings is 1. The van der Waals surface area contributed by atoms with Crippen LogP contribution in [-0.2, 0) is 7.05 Å². The Hall–Kier alpha value is -2.31. The maximum absolute atomic E-state index is 12.3. The summed E-state index contributed by atoms with van der Waals surface area (Å²) in [6.45, 7) is 0. The summed E-state index contributed by atoms with van der Waals surface area (Å²) in [5.41, 5.74) is -0.186. The number of benzene rings is 1. The van der Waals surface area contributed by atoms with Gasteiger partial charge >= 0.3 is 6.36 Å². The Morgan fingerprint density at radius 3 is 2.58 bits per heavy atom. The van der Waals surface area contributed by atoms with Crippen LogP contribution in [0.5, 0.6) is 5.75 Å². The number of hydrogen-bond acceptors (Lipinski definition) is 3. The molecule has 100 valence electrons. The molecule has 0 aliphatic carbocycles. The van der Waals surface area contributed by atoms with E-state index in [1.807, 2.05) is 0 Å². The zero-order chi connectivity index (χ0) is 14.0. The molecule has 0 unspecified atom stereocenters. The van der Waals surface area contributed by atoms with Gasteiger partial charge in [0.05, 0.1) is 5.56 Å². The van der Waals surface area contributed by atoms with E-state index in [-0.39, 0.29) is 11.4 Å². The van der Waals surface area contributed by atoms with Crippen LogP contribution in [-0.4, -0.2) is 21.7 Å². The molecule has 0 spiro atoms. The molecule has 0 aliphatic rings. The Morgan fingerprint density at radius 2 is 2.00 bits per heavy atom. The van der Waals surface area contributed by atoms with Gasteiger partial charge in [0.25, 0.3) is 0 Å². The number of aromatic nitrogens is 2. The van der Waals surface area contributed by atoms with Crippen LogP contribution in [0.1, 0.15) is 16.2 Å². The van der Waals surface area contributed by atoms with Crippen LogP contribution in [0.25, 0.3) is 0 Å². The monoisotopic (exact) mass is 270 g/mol. The van der Waals surface area contributed by atoms with Crippen molar-refractivity contribution >= 4 is 5.78 Å². The molecule has 0 fully saturated rings. The van der Waals surface area contributed by atoms with Crippen LogP contribution in [0.4, 0.5) is 13.2 Å². The number of nitrogens with zero attached hydrogens (tertiary/aromatic N) is 2. The molecule has 2 rings (SSSR count). The Labute approximate surface area is 106 Å². The van der Waals surface area contributed by atoms with Crippen molar-refractivity contribution in [2.75, 3.05) is 0 Å². The molecule has 1 aromatic heterocycles. The van der Waals surface area contributed by atoms with Crippen molar-refractivity contribution in [2.45, 2.75) is 6.36 Å². The Kier molecular flexibility index (Phi) is 3.28. The summed E-state index contributed by atoms with van der Waals surface area (Å²) in [6.07, 6.45) is -1.93. The molecular formula is C12H9F3N2O2. The van der Waals surface area contributed by atoms with Crippen molar-refractivity contribution in [3.8, 4) is 5.75 Å². The minimum Gasteiger partial charge on any atom is -0.405 e. The van der Waals surface area contributed by atoms with Crippen LogP contribution in [0, 0.1) is 0 Å². The van der Waals surface area contributed by atoms with Gasteiger partial charge in [-0.1, -0.05) is 12.1 Å². The summed E-state index contributed by atoms with van der Waals surface area (Å²) >= 11 is 0. The van der Waals surface area contributed by atoms with Gasteiger partial charge in [0.15, 0.2) is 5.82 Å². The van der Waals surface area contributed by atoms with Crippen LogP contribution >= 0.6 is 0 Å². The molecule has 2 aromatic rings. The van der Waals surface area contributed by atoms with Gasteiger partial charge < -0.3 is 9.30 Å². The first-order valence-electron chi connectivity index (χ1n) is 5.25. The molecule has 4 nitrogen and oxygen atoms in total. The quantitative estimate of drug-likeness (QED) is 0.805. The molecule has 0 radical (unpaired) electrons. The van der Waals surface area contributed by atoms with E-state index in [9.17, 15) is 18.0 Å². The van der Waals surface area contributed by atoms with Crippen molar-refractivity contribution in [1.82, 2.24) is 9.55 Å². The van der Waals surface area contributed by atoms with Gasteiger partial charge in [0.2, 0.25) is 5.78 Å². The molecular weight excluding hydrogens is 261 g/mol. The molecule has 1 heterocycles. The van der Waals surface area contributed by atoms with E-state index < -0.39 is 17.9 Å². The van der Waals surface area contributed by atoms with Crippen molar-refractivity contribution in [3.63, 3.8) is 0 Å². The fourth-order valence-electron chi connectivity index (χ4n) is 1.57. The highest BCUT2D eigenvalue weighted by molar-refractivity contribution is 6.08. The van der Waals surface area contributed by atoms with E-state index in [1.165, 1.54) is 35.2 Å². The number of hydrogen-bond donors (Lipinski definition) is 0. The van der Waals surface area contributed by atoms with Gasteiger partial charge in [-0.3, -0.25) is 4.79 Å². The highest BCUT2D eigenvalue weighted by atomic mass is 19.4. The lowest BCUT2D eigenvalue weighted by molar-refractivity contribution is -0.274. The van der Waals surface area contributed by atoms with Crippen molar-refractivity contribution in [2.24, 2.45) is 7.05 Å². The summed E-state index contributed by atoms with van der Waals surface area (Å²) in [6, 6.07) is 5.16. The molecule has 19 heavy (non-hydrogen) atoms. The third-order valence-corrected chi connectivity index (χ3v) is 2.38. The largest absolute Gasteiger partial charge is 0.573 e. The summed E-state index contributed by atoms with van der Waals surface area (Å²) in [5, 5.41) is 0. The van der Waals surface area contributed by atoms with Crippen molar-refractivity contribution in [1.29, 1.82) is 0 Å². The zero-order valence-corrected chi connectivity index (χ0v) is 9.81. The average molecular weight is 270 g/mol. The number of ketones is 1. The summed E-state index contributed by atoms with van der Waals surface area (Å²) in [5.74, 6) is -1.13. The molecule has 0 N–H and O–H groups in total. The fraction of sp³-hybridized carbons (Fsp3) is 0.167. The molecule has 0 aliphatic heterocycles. The van der Waals surface area contributed by atoms with E-state index in [0.29, 0.717) is 0 Å². The Balaban J connectivity index is 2.40. The molecule has 0 saturated carbocycles. The maximum atomic E-state index is 12.3. The predicted octanol–water partition coefficient (Wildman–Crippen LogP) is 2.55. The van der Waals surface area contributed by atoms with Gasteiger partial charge in [-0.25, -0.2) is 4.98 Å². The second-order valence-electron chi connectivity index (χ2n) is 3.73. The predicted molar refractivity (Wildman–Crippen MR) is 59.8 cm³/mol. The lowest BCUT2D eigenvalue weighted by atomic mass is 10.1. The molecule has 1 aromatic carbocycles. The number of halogens is 3. The molecule has 0 atom stereocenters. The van der Waals surface area contributed by atoms with Crippen molar-refractivity contribution in [3.05, 3.63) is 48.0 Å². The number of aryl methyl sites for hydroxylation is 1. The van der Waals surface area contributed by atoms with Gasteiger partial charge in [-0.2, -0.15) is 0 Å². The maximum Gasteiger partial charge on any atom is 0.573 e. The van der Waals surface area contributed by atoms with E-state index in [0.717, 1.165) is 6.07 Å². The number of ether oxygens (including phenoxy) is 1. The lowest BCUT2D eigenvalue weighted by Gasteiger charge is -2.12. The minimum atomic E-state index is -4.85. The second-order valence-corrected chi connectivity index (χ2v) is 3.73. The third kappa shape index (κ3) is 2.93. The van der Waals surface area contributed by atoms with Gasteiger partial charge in [-0.05, 0) is 12.1 Å². The van der Waals surface area contributed by atoms with Crippen molar-refractivity contribution < 1.29 is 22.7 Å². The Morgan fingerprint density at radius 1 is 1.32 bits per heavy atom. The Bertz CT molecular complexity index is 605.